The quantitative estimate of drug-likeness (QED) is 0.807. The van der Waals surface area contributed by atoms with Crippen LogP contribution in [0.3, 0.4) is 0 Å². The van der Waals surface area contributed by atoms with E-state index in [4.69, 9.17) is 0 Å². The van der Waals surface area contributed by atoms with Crippen molar-refractivity contribution in [2.24, 2.45) is 5.92 Å². The van der Waals surface area contributed by atoms with Gasteiger partial charge in [-0.2, -0.15) is 0 Å². The molecule has 21 heavy (non-hydrogen) atoms. The van der Waals surface area contributed by atoms with Crippen LogP contribution in [0.4, 0.5) is 0 Å². The third-order valence-corrected chi connectivity index (χ3v) is 4.88. The zero-order valence-electron chi connectivity index (χ0n) is 13.0. The van der Waals surface area contributed by atoms with Crippen molar-refractivity contribution in [3.63, 3.8) is 0 Å². The summed E-state index contributed by atoms with van der Waals surface area (Å²) >= 11 is 3.43. The molecule has 1 fully saturated rings. The molecule has 0 bridgehead atoms. The summed E-state index contributed by atoms with van der Waals surface area (Å²) < 4.78 is 0.963. The Kier molecular flexibility index (Phi) is 6.24. The molecule has 1 amide bonds. The van der Waals surface area contributed by atoms with Crippen LogP contribution in [0, 0.1) is 5.92 Å². The molecule has 0 unspecified atom stereocenters. The Morgan fingerprint density at radius 2 is 1.95 bits per heavy atom. The maximum absolute atomic E-state index is 12.5. The average Bonchev–Trinajstić information content (AvgIpc) is 2.52. The van der Waals surface area contributed by atoms with Crippen LogP contribution in [0.15, 0.2) is 28.7 Å². The van der Waals surface area contributed by atoms with Crippen molar-refractivity contribution in [1.29, 1.82) is 0 Å². The van der Waals surface area contributed by atoms with Gasteiger partial charge in [-0.05, 0) is 50.0 Å². The molecule has 0 N–H and O–H groups in total. The Morgan fingerprint density at radius 1 is 1.29 bits per heavy atom. The van der Waals surface area contributed by atoms with Gasteiger partial charge in [0.05, 0.1) is 0 Å². The number of rotatable bonds is 5. The first-order chi connectivity index (χ1) is 10.1. The lowest BCUT2D eigenvalue weighted by atomic mass is 9.95. The van der Waals surface area contributed by atoms with E-state index in [-0.39, 0.29) is 5.91 Å². The van der Waals surface area contributed by atoms with Gasteiger partial charge in [-0.25, -0.2) is 0 Å². The Labute approximate surface area is 136 Å². The van der Waals surface area contributed by atoms with E-state index in [1.54, 1.807) is 0 Å². The third kappa shape index (κ3) is 4.55. The maximum atomic E-state index is 12.5. The van der Waals surface area contributed by atoms with E-state index in [0.717, 1.165) is 55.0 Å². The number of likely N-dealkylation sites (tertiary alicyclic amines) is 1. The minimum Gasteiger partial charge on any atom is -0.339 e. The van der Waals surface area contributed by atoms with Crippen LogP contribution in [0.25, 0.3) is 0 Å². The lowest BCUT2D eigenvalue weighted by molar-refractivity contribution is 0.0669. The number of halogens is 1. The van der Waals surface area contributed by atoms with Crippen LogP contribution in [0.1, 0.15) is 37.0 Å². The molecule has 1 aromatic rings. The largest absolute Gasteiger partial charge is 0.339 e. The first-order valence-electron chi connectivity index (χ1n) is 7.91. The molecule has 1 heterocycles. The zero-order chi connectivity index (χ0) is 15.2. The highest BCUT2D eigenvalue weighted by Crippen LogP contribution is 2.21. The van der Waals surface area contributed by atoms with Crippen LogP contribution in [0.2, 0.25) is 0 Å². The molecule has 0 aliphatic carbocycles. The number of carbonyl (C=O) groups excluding carboxylic acids is 1. The van der Waals surface area contributed by atoms with Gasteiger partial charge in [0.1, 0.15) is 0 Å². The highest BCUT2D eigenvalue weighted by atomic mass is 79.9. The summed E-state index contributed by atoms with van der Waals surface area (Å²) in [7, 11) is 0. The standard InChI is InChI=1S/C17H25BrN2O/c1-3-19(4-2)13-14-8-10-20(11-9-14)17(21)15-6-5-7-16(18)12-15/h5-7,12,14H,3-4,8-11,13H2,1-2H3. The van der Waals surface area contributed by atoms with E-state index in [1.807, 2.05) is 29.2 Å². The highest BCUT2D eigenvalue weighted by molar-refractivity contribution is 9.10. The fourth-order valence-corrected chi connectivity index (χ4v) is 3.37. The predicted molar refractivity (Wildman–Crippen MR) is 90.6 cm³/mol. The number of amides is 1. The van der Waals surface area contributed by atoms with Crippen molar-refractivity contribution in [1.82, 2.24) is 9.80 Å². The van der Waals surface area contributed by atoms with Crippen molar-refractivity contribution >= 4 is 21.8 Å². The molecule has 0 radical (unpaired) electrons. The first kappa shape index (κ1) is 16.5. The summed E-state index contributed by atoms with van der Waals surface area (Å²) in [6.45, 7) is 9.62. The van der Waals surface area contributed by atoms with Gasteiger partial charge in [0, 0.05) is 29.7 Å². The van der Waals surface area contributed by atoms with Crippen LogP contribution in [-0.2, 0) is 0 Å². The van der Waals surface area contributed by atoms with E-state index in [9.17, 15) is 4.79 Å². The molecular weight excluding hydrogens is 328 g/mol. The maximum Gasteiger partial charge on any atom is 0.253 e. The van der Waals surface area contributed by atoms with Gasteiger partial charge in [-0.3, -0.25) is 4.79 Å². The van der Waals surface area contributed by atoms with Crippen molar-refractivity contribution in [3.8, 4) is 0 Å². The topological polar surface area (TPSA) is 23.6 Å². The number of nitrogens with zero attached hydrogens (tertiary/aromatic N) is 2. The summed E-state index contributed by atoms with van der Waals surface area (Å²) in [4.78, 5) is 17.0. The first-order valence-corrected chi connectivity index (χ1v) is 8.70. The van der Waals surface area contributed by atoms with Crippen molar-refractivity contribution in [2.75, 3.05) is 32.7 Å². The molecule has 3 nitrogen and oxygen atoms in total. The molecular formula is C17H25BrN2O. The SMILES string of the molecule is CCN(CC)CC1CCN(C(=O)c2cccc(Br)c2)CC1. The molecule has 2 rings (SSSR count). The number of benzene rings is 1. The molecule has 4 heteroatoms. The van der Waals surface area contributed by atoms with Crippen LogP contribution < -0.4 is 0 Å². The van der Waals surface area contributed by atoms with Crippen molar-refractivity contribution in [2.45, 2.75) is 26.7 Å². The minimum atomic E-state index is 0.164. The molecule has 1 aliphatic rings. The number of piperidine rings is 1. The zero-order valence-corrected chi connectivity index (χ0v) is 14.6. The van der Waals surface area contributed by atoms with Crippen LogP contribution in [0.5, 0.6) is 0 Å². The predicted octanol–water partition coefficient (Wildman–Crippen LogP) is 3.64. The molecule has 1 saturated heterocycles. The Hall–Kier alpha value is -0.870. The van der Waals surface area contributed by atoms with Crippen LogP contribution in [-0.4, -0.2) is 48.4 Å². The van der Waals surface area contributed by atoms with Gasteiger partial charge in [-0.1, -0.05) is 35.8 Å². The Bertz CT molecular complexity index is 466. The normalized spacial score (nSPS) is 16.5. The summed E-state index contributed by atoms with van der Waals surface area (Å²) in [5.74, 6) is 0.897. The van der Waals surface area contributed by atoms with Gasteiger partial charge in [0.25, 0.3) is 5.91 Å². The second kappa shape index (κ2) is 7.95. The van der Waals surface area contributed by atoms with E-state index in [2.05, 4.69) is 34.7 Å². The lowest BCUT2D eigenvalue weighted by Gasteiger charge is -2.34. The van der Waals surface area contributed by atoms with Gasteiger partial charge >= 0.3 is 0 Å². The van der Waals surface area contributed by atoms with E-state index < -0.39 is 0 Å². The summed E-state index contributed by atoms with van der Waals surface area (Å²) in [5, 5.41) is 0. The Morgan fingerprint density at radius 3 is 2.52 bits per heavy atom. The summed E-state index contributed by atoms with van der Waals surface area (Å²) in [6, 6.07) is 7.68. The summed E-state index contributed by atoms with van der Waals surface area (Å²) in [5.41, 5.74) is 0.784. The van der Waals surface area contributed by atoms with Crippen molar-refractivity contribution < 1.29 is 4.79 Å². The second-order valence-electron chi connectivity index (χ2n) is 5.73. The smallest absolute Gasteiger partial charge is 0.253 e. The van der Waals surface area contributed by atoms with Gasteiger partial charge < -0.3 is 9.80 Å². The molecule has 0 spiro atoms. The third-order valence-electron chi connectivity index (χ3n) is 4.38. The fraction of sp³-hybridized carbons (Fsp3) is 0.588. The molecule has 0 saturated carbocycles. The van der Waals surface area contributed by atoms with E-state index >= 15 is 0 Å². The van der Waals surface area contributed by atoms with Gasteiger partial charge in [-0.15, -0.1) is 0 Å². The number of hydrogen-bond donors (Lipinski definition) is 0. The van der Waals surface area contributed by atoms with Crippen molar-refractivity contribution in [3.05, 3.63) is 34.3 Å². The lowest BCUT2D eigenvalue weighted by Crippen LogP contribution is -2.41. The van der Waals surface area contributed by atoms with E-state index in [0.29, 0.717) is 0 Å². The van der Waals surface area contributed by atoms with Gasteiger partial charge in [0.15, 0.2) is 0 Å². The molecule has 0 atom stereocenters. The average molecular weight is 353 g/mol. The molecule has 116 valence electrons. The highest BCUT2D eigenvalue weighted by Gasteiger charge is 2.24. The Balaban J connectivity index is 1.87. The fourth-order valence-electron chi connectivity index (χ4n) is 2.97. The number of hydrogen-bond acceptors (Lipinski definition) is 2. The van der Waals surface area contributed by atoms with Crippen LogP contribution >= 0.6 is 15.9 Å². The minimum absolute atomic E-state index is 0.164. The summed E-state index contributed by atoms with van der Waals surface area (Å²) in [6.07, 6.45) is 2.24. The molecule has 0 aromatic heterocycles. The van der Waals surface area contributed by atoms with Gasteiger partial charge in [0.2, 0.25) is 0 Å². The van der Waals surface area contributed by atoms with E-state index in [1.165, 1.54) is 6.54 Å². The molecule has 1 aromatic carbocycles. The number of carbonyl (C=O) groups is 1. The monoisotopic (exact) mass is 352 g/mol. The second-order valence-corrected chi connectivity index (χ2v) is 6.65. The molecule has 1 aliphatic heterocycles.